The Morgan fingerprint density at radius 3 is 2.11 bits per heavy atom. The standard InChI is InChI=1S/C18H20N4O4S2/c1-3-27(23,24)17-8-10-18(11-9-17)28(25,26)21-14(2)15-4-6-16(7-5-15)22-13-19-12-20-22/h4-14,21H,3H2,1-2H3. The number of nitrogens with one attached hydrogen (secondary N) is 1. The van der Waals surface area contributed by atoms with Crippen molar-refractivity contribution in [2.45, 2.75) is 29.7 Å². The molecule has 3 aromatic rings. The van der Waals surface area contributed by atoms with E-state index in [-0.39, 0.29) is 15.5 Å². The Kier molecular flexibility index (Phi) is 5.64. The minimum Gasteiger partial charge on any atom is -0.224 e. The highest BCUT2D eigenvalue weighted by molar-refractivity contribution is 7.91. The van der Waals surface area contributed by atoms with Gasteiger partial charge >= 0.3 is 0 Å². The van der Waals surface area contributed by atoms with Crippen LogP contribution in [0.3, 0.4) is 0 Å². The summed E-state index contributed by atoms with van der Waals surface area (Å²) in [5, 5.41) is 4.04. The second kappa shape index (κ2) is 7.82. The Morgan fingerprint density at radius 1 is 0.964 bits per heavy atom. The Balaban J connectivity index is 1.76. The van der Waals surface area contributed by atoms with Crippen LogP contribution in [0.1, 0.15) is 25.5 Å². The van der Waals surface area contributed by atoms with Crippen molar-refractivity contribution in [1.29, 1.82) is 0 Å². The molecule has 0 bridgehead atoms. The molecule has 0 aliphatic heterocycles. The van der Waals surface area contributed by atoms with Crippen molar-refractivity contribution >= 4 is 19.9 Å². The average Bonchev–Trinajstić information content (AvgIpc) is 3.22. The molecule has 0 saturated heterocycles. The fourth-order valence-electron chi connectivity index (χ4n) is 2.62. The van der Waals surface area contributed by atoms with Crippen LogP contribution in [0, 0.1) is 0 Å². The van der Waals surface area contributed by atoms with Gasteiger partial charge in [-0.15, -0.1) is 0 Å². The van der Waals surface area contributed by atoms with E-state index < -0.39 is 25.9 Å². The lowest BCUT2D eigenvalue weighted by Crippen LogP contribution is -2.27. The molecule has 0 aliphatic rings. The SMILES string of the molecule is CCS(=O)(=O)c1ccc(S(=O)(=O)NC(C)c2ccc(-n3cncn3)cc2)cc1. The van der Waals surface area contributed by atoms with Crippen molar-refractivity contribution in [3.63, 3.8) is 0 Å². The predicted molar refractivity (Wildman–Crippen MR) is 104 cm³/mol. The number of hydrogen-bond donors (Lipinski definition) is 1. The molecule has 1 atom stereocenters. The fourth-order valence-corrected chi connectivity index (χ4v) is 4.73. The highest BCUT2D eigenvalue weighted by atomic mass is 32.2. The van der Waals surface area contributed by atoms with E-state index in [2.05, 4.69) is 14.8 Å². The summed E-state index contributed by atoms with van der Waals surface area (Å²) in [6.45, 7) is 3.27. The zero-order valence-corrected chi connectivity index (χ0v) is 17.0. The smallest absolute Gasteiger partial charge is 0.224 e. The Labute approximate surface area is 164 Å². The molecule has 1 heterocycles. The van der Waals surface area contributed by atoms with Gasteiger partial charge in [-0.3, -0.25) is 0 Å². The monoisotopic (exact) mass is 420 g/mol. The highest BCUT2D eigenvalue weighted by Crippen LogP contribution is 2.20. The third kappa shape index (κ3) is 4.29. The molecule has 1 N–H and O–H groups in total. The first-order chi connectivity index (χ1) is 13.2. The van der Waals surface area contributed by atoms with Gasteiger partial charge in [-0.05, 0) is 48.9 Å². The molecule has 0 fully saturated rings. The minimum atomic E-state index is -3.80. The molecule has 1 aromatic heterocycles. The highest BCUT2D eigenvalue weighted by Gasteiger charge is 2.20. The Hall–Kier alpha value is -2.56. The number of rotatable bonds is 7. The van der Waals surface area contributed by atoms with Gasteiger partial charge in [0.15, 0.2) is 9.84 Å². The largest absolute Gasteiger partial charge is 0.241 e. The molecular formula is C18H20N4O4S2. The second-order valence-electron chi connectivity index (χ2n) is 6.15. The van der Waals surface area contributed by atoms with Gasteiger partial charge in [0.05, 0.1) is 21.2 Å². The van der Waals surface area contributed by atoms with Crippen molar-refractivity contribution in [1.82, 2.24) is 19.5 Å². The predicted octanol–water partition coefficient (Wildman–Crippen LogP) is 2.10. The molecule has 3 rings (SSSR count). The molecule has 0 spiro atoms. The normalized spacial score (nSPS) is 13.4. The molecule has 0 amide bonds. The first kappa shape index (κ1) is 20.2. The first-order valence-corrected chi connectivity index (χ1v) is 11.7. The quantitative estimate of drug-likeness (QED) is 0.627. The second-order valence-corrected chi connectivity index (χ2v) is 10.1. The fraction of sp³-hybridized carbons (Fsp3) is 0.222. The Bertz CT molecular complexity index is 1140. The zero-order valence-electron chi connectivity index (χ0n) is 15.3. The molecule has 10 heteroatoms. The molecule has 8 nitrogen and oxygen atoms in total. The number of sulfone groups is 1. The van der Waals surface area contributed by atoms with Crippen LogP contribution in [0.15, 0.2) is 71.0 Å². The lowest BCUT2D eigenvalue weighted by Gasteiger charge is -2.15. The number of sulfonamides is 1. The molecule has 0 aliphatic carbocycles. The molecule has 28 heavy (non-hydrogen) atoms. The van der Waals surface area contributed by atoms with E-state index in [0.29, 0.717) is 0 Å². The van der Waals surface area contributed by atoms with Crippen molar-refractivity contribution in [3.8, 4) is 5.69 Å². The summed E-state index contributed by atoms with van der Waals surface area (Å²) in [4.78, 5) is 4.00. The number of aromatic nitrogens is 3. The van der Waals surface area contributed by atoms with Crippen LogP contribution in [-0.2, 0) is 19.9 Å². The molecule has 2 aromatic carbocycles. The number of nitrogens with zero attached hydrogens (tertiary/aromatic N) is 3. The zero-order chi connectivity index (χ0) is 20.4. The van der Waals surface area contributed by atoms with Crippen LogP contribution in [-0.4, -0.2) is 37.4 Å². The van der Waals surface area contributed by atoms with Gasteiger partial charge in [0, 0.05) is 6.04 Å². The van der Waals surface area contributed by atoms with Gasteiger partial charge in [-0.1, -0.05) is 19.1 Å². The van der Waals surface area contributed by atoms with Crippen LogP contribution < -0.4 is 4.72 Å². The average molecular weight is 421 g/mol. The van der Waals surface area contributed by atoms with Crippen molar-refractivity contribution in [2.24, 2.45) is 0 Å². The van der Waals surface area contributed by atoms with E-state index in [0.717, 1.165) is 11.3 Å². The van der Waals surface area contributed by atoms with E-state index in [1.54, 1.807) is 30.1 Å². The molecule has 0 saturated carbocycles. The van der Waals surface area contributed by atoms with E-state index in [4.69, 9.17) is 0 Å². The Morgan fingerprint density at radius 2 is 1.57 bits per heavy atom. The van der Waals surface area contributed by atoms with Gasteiger partial charge in [-0.25, -0.2) is 31.2 Å². The maximum Gasteiger partial charge on any atom is 0.241 e. The summed E-state index contributed by atoms with van der Waals surface area (Å²) in [6.07, 6.45) is 3.01. The summed E-state index contributed by atoms with van der Waals surface area (Å²) >= 11 is 0. The number of hydrogen-bond acceptors (Lipinski definition) is 6. The van der Waals surface area contributed by atoms with Crippen molar-refractivity contribution < 1.29 is 16.8 Å². The molecule has 1 unspecified atom stereocenters. The van der Waals surface area contributed by atoms with Gasteiger partial charge < -0.3 is 0 Å². The maximum absolute atomic E-state index is 12.6. The van der Waals surface area contributed by atoms with E-state index >= 15 is 0 Å². The third-order valence-electron chi connectivity index (χ3n) is 4.28. The van der Waals surface area contributed by atoms with Crippen LogP contribution in [0.4, 0.5) is 0 Å². The lowest BCUT2D eigenvalue weighted by atomic mass is 10.1. The van der Waals surface area contributed by atoms with Crippen LogP contribution in [0.25, 0.3) is 5.69 Å². The topological polar surface area (TPSA) is 111 Å². The summed E-state index contributed by atoms with van der Waals surface area (Å²) < 4.78 is 53.2. The van der Waals surface area contributed by atoms with Gasteiger partial charge in [0.1, 0.15) is 12.7 Å². The third-order valence-corrected chi connectivity index (χ3v) is 7.59. The van der Waals surface area contributed by atoms with Crippen molar-refractivity contribution in [2.75, 3.05) is 5.75 Å². The molecule has 0 radical (unpaired) electrons. The number of benzene rings is 2. The van der Waals surface area contributed by atoms with Gasteiger partial charge in [0.25, 0.3) is 0 Å². The van der Waals surface area contributed by atoms with E-state index in [1.807, 2.05) is 12.1 Å². The summed E-state index contributed by atoms with van der Waals surface area (Å²) in [5.74, 6) is -0.0427. The minimum absolute atomic E-state index is 0.00800. The van der Waals surface area contributed by atoms with Crippen LogP contribution in [0.2, 0.25) is 0 Å². The molecule has 148 valence electrons. The van der Waals surface area contributed by atoms with Crippen LogP contribution >= 0.6 is 0 Å². The maximum atomic E-state index is 12.6. The summed E-state index contributed by atoms with van der Waals surface area (Å²) in [6, 6.07) is 12.0. The first-order valence-electron chi connectivity index (χ1n) is 8.53. The van der Waals surface area contributed by atoms with E-state index in [1.165, 1.54) is 37.5 Å². The van der Waals surface area contributed by atoms with Crippen molar-refractivity contribution in [3.05, 3.63) is 66.7 Å². The van der Waals surface area contributed by atoms with Gasteiger partial charge in [-0.2, -0.15) is 5.10 Å². The van der Waals surface area contributed by atoms with Gasteiger partial charge in [0.2, 0.25) is 10.0 Å². The summed E-state index contributed by atoms with van der Waals surface area (Å²) in [7, 11) is -7.18. The van der Waals surface area contributed by atoms with E-state index in [9.17, 15) is 16.8 Å². The lowest BCUT2D eigenvalue weighted by molar-refractivity contribution is 0.566. The molecular weight excluding hydrogens is 400 g/mol. The summed E-state index contributed by atoms with van der Waals surface area (Å²) in [5.41, 5.74) is 1.58. The van der Waals surface area contributed by atoms with Crippen LogP contribution in [0.5, 0.6) is 0 Å².